The molecule has 1 unspecified atom stereocenters. The highest BCUT2D eigenvalue weighted by Crippen LogP contribution is 2.21. The van der Waals surface area contributed by atoms with Crippen molar-refractivity contribution in [3.05, 3.63) is 11.1 Å². The molecule has 96 valence electrons. The summed E-state index contributed by atoms with van der Waals surface area (Å²) in [5.74, 6) is -0.616. The molecule has 1 saturated heterocycles. The highest BCUT2D eigenvalue weighted by atomic mass is 32.1. The number of anilines is 1. The number of nitrogens with zero attached hydrogens (tertiary/aromatic N) is 2. The SMILES string of the molecule is O=Cc1cnc(NC(=O)C2CCN(C(=O)O)C2)s1. The van der Waals surface area contributed by atoms with Crippen LogP contribution in [0.1, 0.15) is 16.1 Å². The molecular formula is C10H11N3O4S. The lowest BCUT2D eigenvalue weighted by Crippen LogP contribution is -2.30. The van der Waals surface area contributed by atoms with Gasteiger partial charge in [-0.3, -0.25) is 9.59 Å². The number of likely N-dealkylation sites (tertiary alicyclic amines) is 1. The summed E-state index contributed by atoms with van der Waals surface area (Å²) in [6.07, 6.45) is 1.53. The second-order valence-electron chi connectivity index (χ2n) is 3.89. The number of carboxylic acid groups (broad SMARTS) is 1. The summed E-state index contributed by atoms with van der Waals surface area (Å²) in [5, 5.41) is 11.7. The molecule has 18 heavy (non-hydrogen) atoms. The first kappa shape index (κ1) is 12.5. The lowest BCUT2D eigenvalue weighted by molar-refractivity contribution is -0.119. The number of carbonyl (C=O) groups excluding carboxylic acids is 2. The Morgan fingerprint density at radius 1 is 1.61 bits per heavy atom. The van der Waals surface area contributed by atoms with Crippen LogP contribution >= 0.6 is 11.3 Å². The first-order valence-corrected chi connectivity index (χ1v) is 6.11. The van der Waals surface area contributed by atoms with Crippen molar-refractivity contribution in [2.24, 2.45) is 5.92 Å². The van der Waals surface area contributed by atoms with E-state index in [1.54, 1.807) is 0 Å². The molecule has 1 aromatic rings. The van der Waals surface area contributed by atoms with Crippen LogP contribution in [0.25, 0.3) is 0 Å². The van der Waals surface area contributed by atoms with E-state index in [0.29, 0.717) is 29.3 Å². The molecule has 1 aliphatic rings. The molecule has 0 aliphatic carbocycles. The van der Waals surface area contributed by atoms with Gasteiger partial charge in [-0.1, -0.05) is 11.3 Å². The maximum atomic E-state index is 11.8. The van der Waals surface area contributed by atoms with Crippen LogP contribution in [0, 0.1) is 5.92 Å². The van der Waals surface area contributed by atoms with Crippen LogP contribution in [0.4, 0.5) is 9.93 Å². The van der Waals surface area contributed by atoms with Gasteiger partial charge in [0.15, 0.2) is 11.4 Å². The van der Waals surface area contributed by atoms with E-state index in [4.69, 9.17) is 5.11 Å². The van der Waals surface area contributed by atoms with Crippen LogP contribution < -0.4 is 5.32 Å². The lowest BCUT2D eigenvalue weighted by Gasteiger charge is -2.11. The van der Waals surface area contributed by atoms with Crippen molar-refractivity contribution in [3.63, 3.8) is 0 Å². The van der Waals surface area contributed by atoms with Gasteiger partial charge in [-0.15, -0.1) is 0 Å². The first-order valence-electron chi connectivity index (χ1n) is 5.30. The summed E-state index contributed by atoms with van der Waals surface area (Å²) < 4.78 is 0. The van der Waals surface area contributed by atoms with Crippen molar-refractivity contribution in [1.29, 1.82) is 0 Å². The zero-order chi connectivity index (χ0) is 13.1. The molecule has 2 heterocycles. The Bertz CT molecular complexity index is 487. The largest absolute Gasteiger partial charge is 0.465 e. The van der Waals surface area contributed by atoms with Gasteiger partial charge < -0.3 is 15.3 Å². The Labute approximate surface area is 106 Å². The summed E-state index contributed by atoms with van der Waals surface area (Å²) in [4.78, 5) is 38.5. The number of carbonyl (C=O) groups is 3. The highest BCUT2D eigenvalue weighted by molar-refractivity contribution is 7.17. The van der Waals surface area contributed by atoms with Gasteiger partial charge in [0.25, 0.3) is 0 Å². The number of aromatic nitrogens is 1. The normalized spacial score (nSPS) is 18.7. The van der Waals surface area contributed by atoms with Crippen LogP contribution in [0.5, 0.6) is 0 Å². The van der Waals surface area contributed by atoms with Crippen molar-refractivity contribution in [2.75, 3.05) is 18.4 Å². The molecule has 8 heteroatoms. The quantitative estimate of drug-likeness (QED) is 0.794. The maximum Gasteiger partial charge on any atom is 0.407 e. The molecule has 2 amide bonds. The van der Waals surface area contributed by atoms with E-state index in [0.717, 1.165) is 11.3 Å². The second kappa shape index (κ2) is 5.13. The molecule has 7 nitrogen and oxygen atoms in total. The Balaban J connectivity index is 1.92. The molecule has 1 atom stereocenters. The minimum atomic E-state index is -1.01. The molecule has 0 spiro atoms. The molecule has 0 aromatic carbocycles. The van der Waals surface area contributed by atoms with Gasteiger partial charge in [0.2, 0.25) is 5.91 Å². The molecule has 1 aliphatic heterocycles. The molecule has 2 rings (SSSR count). The number of amides is 2. The van der Waals surface area contributed by atoms with Crippen molar-refractivity contribution >= 4 is 34.8 Å². The van der Waals surface area contributed by atoms with Gasteiger partial charge in [-0.25, -0.2) is 9.78 Å². The monoisotopic (exact) mass is 269 g/mol. The Morgan fingerprint density at radius 2 is 2.39 bits per heavy atom. The predicted molar refractivity (Wildman–Crippen MR) is 63.8 cm³/mol. The summed E-state index contributed by atoms with van der Waals surface area (Å²) in [6, 6.07) is 0. The van der Waals surface area contributed by atoms with Gasteiger partial charge in [-0.2, -0.15) is 0 Å². The molecule has 0 bridgehead atoms. The van der Waals surface area contributed by atoms with Crippen LogP contribution in [0.3, 0.4) is 0 Å². The molecule has 0 radical (unpaired) electrons. The number of aldehydes is 1. The van der Waals surface area contributed by atoms with Gasteiger partial charge >= 0.3 is 6.09 Å². The molecule has 0 saturated carbocycles. The first-order chi connectivity index (χ1) is 8.60. The number of hydrogen-bond acceptors (Lipinski definition) is 5. The van der Waals surface area contributed by atoms with Gasteiger partial charge in [0.1, 0.15) is 0 Å². The fourth-order valence-electron chi connectivity index (χ4n) is 1.75. The topological polar surface area (TPSA) is 99.6 Å². The average Bonchev–Trinajstić information content (AvgIpc) is 2.97. The molecule has 2 N–H and O–H groups in total. The van der Waals surface area contributed by atoms with E-state index in [2.05, 4.69) is 10.3 Å². The number of nitrogens with one attached hydrogen (secondary N) is 1. The summed E-state index contributed by atoms with van der Waals surface area (Å²) in [7, 11) is 0. The molecule has 1 aromatic heterocycles. The predicted octanol–water partition coefficient (Wildman–Crippen LogP) is 0.894. The van der Waals surface area contributed by atoms with Crippen LogP contribution in [0.2, 0.25) is 0 Å². The van der Waals surface area contributed by atoms with Gasteiger partial charge in [0.05, 0.1) is 17.0 Å². The average molecular weight is 269 g/mol. The lowest BCUT2D eigenvalue weighted by atomic mass is 10.1. The van der Waals surface area contributed by atoms with E-state index >= 15 is 0 Å². The van der Waals surface area contributed by atoms with E-state index in [1.807, 2.05) is 0 Å². The molecular weight excluding hydrogens is 258 g/mol. The van der Waals surface area contributed by atoms with E-state index < -0.39 is 6.09 Å². The summed E-state index contributed by atoms with van der Waals surface area (Å²) in [6.45, 7) is 0.567. The minimum Gasteiger partial charge on any atom is -0.465 e. The summed E-state index contributed by atoms with van der Waals surface area (Å²) in [5.41, 5.74) is 0. The second-order valence-corrected chi connectivity index (χ2v) is 4.95. The van der Waals surface area contributed by atoms with Gasteiger partial charge in [-0.05, 0) is 6.42 Å². The van der Waals surface area contributed by atoms with E-state index in [9.17, 15) is 14.4 Å². The van der Waals surface area contributed by atoms with Crippen LogP contribution in [-0.4, -0.2) is 46.4 Å². The van der Waals surface area contributed by atoms with E-state index in [1.165, 1.54) is 11.1 Å². The van der Waals surface area contributed by atoms with Crippen LogP contribution in [0.15, 0.2) is 6.20 Å². The fraction of sp³-hybridized carbons (Fsp3) is 0.400. The Kier molecular flexibility index (Phi) is 3.56. The minimum absolute atomic E-state index is 0.201. The number of rotatable bonds is 3. The maximum absolute atomic E-state index is 11.8. The third kappa shape index (κ3) is 2.65. The number of thiazole rings is 1. The van der Waals surface area contributed by atoms with Crippen molar-refractivity contribution in [2.45, 2.75) is 6.42 Å². The standard InChI is InChI=1S/C10H11N3O4S/c14-5-7-3-11-9(18-7)12-8(15)6-1-2-13(4-6)10(16)17/h3,5-6H,1-2,4H2,(H,16,17)(H,11,12,15). The smallest absolute Gasteiger partial charge is 0.407 e. The highest BCUT2D eigenvalue weighted by Gasteiger charge is 2.31. The fourth-order valence-corrected chi connectivity index (χ4v) is 2.39. The zero-order valence-electron chi connectivity index (χ0n) is 9.33. The number of hydrogen-bond donors (Lipinski definition) is 2. The Hall–Kier alpha value is -1.96. The van der Waals surface area contributed by atoms with Crippen LogP contribution in [-0.2, 0) is 4.79 Å². The molecule has 1 fully saturated rings. The van der Waals surface area contributed by atoms with Crippen molar-refractivity contribution in [1.82, 2.24) is 9.88 Å². The van der Waals surface area contributed by atoms with Crippen molar-refractivity contribution < 1.29 is 19.5 Å². The third-order valence-corrected chi connectivity index (χ3v) is 3.54. The Morgan fingerprint density at radius 3 is 2.94 bits per heavy atom. The zero-order valence-corrected chi connectivity index (χ0v) is 10.1. The van der Waals surface area contributed by atoms with Crippen molar-refractivity contribution in [3.8, 4) is 0 Å². The van der Waals surface area contributed by atoms with E-state index in [-0.39, 0.29) is 18.4 Å². The van der Waals surface area contributed by atoms with Gasteiger partial charge in [0, 0.05) is 13.1 Å². The third-order valence-electron chi connectivity index (χ3n) is 2.70. The summed E-state index contributed by atoms with van der Waals surface area (Å²) >= 11 is 1.09.